The van der Waals surface area contributed by atoms with E-state index in [1.807, 2.05) is 24.3 Å². The van der Waals surface area contributed by atoms with Gasteiger partial charge in [0.1, 0.15) is 0 Å². The third-order valence-electron chi connectivity index (χ3n) is 3.82. The molecular formula is C15H20N2OS. The fraction of sp³-hybridized carbons (Fsp3) is 0.467. The summed E-state index contributed by atoms with van der Waals surface area (Å²) in [5, 5.41) is 0.692. The van der Waals surface area contributed by atoms with Crippen LogP contribution >= 0.6 is 12.2 Å². The number of nitrogens with one attached hydrogen (secondary N) is 1. The van der Waals surface area contributed by atoms with Gasteiger partial charge < -0.3 is 4.98 Å². The van der Waals surface area contributed by atoms with Gasteiger partial charge in [-0.25, -0.2) is 0 Å². The molecule has 0 saturated heterocycles. The fourth-order valence-corrected chi connectivity index (χ4v) is 2.18. The standard InChI is InChI=1S/C15H20N2OS/c1-10(15(2,3)4)9-17-13(18)11-7-5-6-8-12(11)16-14(17)19/h5-8,10H,9H2,1-4H3,(H,16,19). The molecule has 102 valence electrons. The Morgan fingerprint density at radius 2 is 1.95 bits per heavy atom. The normalized spacial score (nSPS) is 13.7. The molecule has 3 nitrogen and oxygen atoms in total. The van der Waals surface area contributed by atoms with Crippen LogP contribution in [0.5, 0.6) is 0 Å². The Morgan fingerprint density at radius 1 is 1.32 bits per heavy atom. The van der Waals surface area contributed by atoms with Crippen LogP contribution in [0, 0.1) is 16.1 Å². The number of hydrogen-bond acceptors (Lipinski definition) is 2. The van der Waals surface area contributed by atoms with Gasteiger partial charge >= 0.3 is 0 Å². The molecule has 0 aliphatic carbocycles. The van der Waals surface area contributed by atoms with Gasteiger partial charge in [-0.05, 0) is 35.7 Å². The largest absolute Gasteiger partial charge is 0.332 e. The van der Waals surface area contributed by atoms with Crippen LogP contribution in [-0.4, -0.2) is 9.55 Å². The summed E-state index contributed by atoms with van der Waals surface area (Å²) in [5.41, 5.74) is 0.944. The molecule has 2 rings (SSSR count). The highest BCUT2D eigenvalue weighted by atomic mass is 32.1. The van der Waals surface area contributed by atoms with Gasteiger partial charge in [-0.2, -0.15) is 0 Å². The summed E-state index contributed by atoms with van der Waals surface area (Å²) < 4.78 is 2.17. The Balaban J connectivity index is 2.56. The van der Waals surface area contributed by atoms with Crippen LogP contribution in [0.3, 0.4) is 0 Å². The Bertz CT molecular complexity index is 706. The van der Waals surface area contributed by atoms with Crippen LogP contribution in [0.15, 0.2) is 29.1 Å². The number of benzene rings is 1. The van der Waals surface area contributed by atoms with Crippen molar-refractivity contribution in [3.05, 3.63) is 39.4 Å². The number of fused-ring (bicyclic) bond motifs is 1. The van der Waals surface area contributed by atoms with Gasteiger partial charge in [0, 0.05) is 6.54 Å². The molecule has 1 heterocycles. The first-order valence-electron chi connectivity index (χ1n) is 6.52. The second-order valence-corrected chi connectivity index (χ2v) is 6.55. The average Bonchev–Trinajstić information content (AvgIpc) is 2.33. The summed E-state index contributed by atoms with van der Waals surface area (Å²) in [4.78, 5) is 15.6. The molecule has 0 radical (unpaired) electrons. The highest BCUT2D eigenvalue weighted by Gasteiger charge is 2.21. The maximum Gasteiger partial charge on any atom is 0.262 e. The van der Waals surface area contributed by atoms with Gasteiger partial charge in [0.2, 0.25) is 0 Å². The van der Waals surface area contributed by atoms with Gasteiger partial charge in [0.05, 0.1) is 10.9 Å². The maximum atomic E-state index is 12.5. The van der Waals surface area contributed by atoms with Crippen molar-refractivity contribution in [2.75, 3.05) is 0 Å². The van der Waals surface area contributed by atoms with E-state index < -0.39 is 0 Å². The van der Waals surface area contributed by atoms with Gasteiger partial charge in [0.15, 0.2) is 4.77 Å². The molecule has 1 atom stereocenters. The third-order valence-corrected chi connectivity index (χ3v) is 4.15. The molecular weight excluding hydrogens is 256 g/mol. The van der Waals surface area contributed by atoms with E-state index in [0.29, 0.717) is 22.6 Å². The van der Waals surface area contributed by atoms with Gasteiger partial charge in [-0.1, -0.05) is 39.8 Å². The quantitative estimate of drug-likeness (QED) is 0.848. The summed E-state index contributed by atoms with van der Waals surface area (Å²) in [7, 11) is 0. The van der Waals surface area contributed by atoms with Crippen LogP contribution in [0.1, 0.15) is 27.7 Å². The summed E-state index contributed by atoms with van der Waals surface area (Å²) >= 11 is 5.32. The summed E-state index contributed by atoms with van der Waals surface area (Å²) in [6, 6.07) is 7.48. The molecule has 4 heteroatoms. The van der Waals surface area contributed by atoms with Crippen LogP contribution in [0.2, 0.25) is 0 Å². The van der Waals surface area contributed by atoms with E-state index in [2.05, 4.69) is 32.7 Å². The molecule has 1 N–H and O–H groups in total. The Kier molecular flexibility index (Phi) is 3.63. The zero-order valence-electron chi connectivity index (χ0n) is 11.9. The van der Waals surface area contributed by atoms with Gasteiger partial charge in [-0.3, -0.25) is 9.36 Å². The number of hydrogen-bond donors (Lipinski definition) is 1. The van der Waals surface area contributed by atoms with Crippen molar-refractivity contribution in [2.24, 2.45) is 11.3 Å². The SMILES string of the molecule is CC(Cn1c(=S)[nH]c2ccccc2c1=O)C(C)(C)C. The van der Waals surface area contributed by atoms with E-state index in [0.717, 1.165) is 5.52 Å². The highest BCUT2D eigenvalue weighted by Crippen LogP contribution is 2.26. The van der Waals surface area contributed by atoms with Crippen molar-refractivity contribution in [3.8, 4) is 0 Å². The van der Waals surface area contributed by atoms with E-state index >= 15 is 0 Å². The van der Waals surface area contributed by atoms with Crippen molar-refractivity contribution in [1.29, 1.82) is 0 Å². The van der Waals surface area contributed by atoms with Gasteiger partial charge in [-0.15, -0.1) is 0 Å². The minimum absolute atomic E-state index is 0.00421. The fourth-order valence-electron chi connectivity index (χ4n) is 1.91. The van der Waals surface area contributed by atoms with Crippen LogP contribution < -0.4 is 5.56 Å². The lowest BCUT2D eigenvalue weighted by molar-refractivity contribution is 0.229. The number of para-hydroxylation sites is 1. The lowest BCUT2D eigenvalue weighted by Crippen LogP contribution is -2.30. The smallest absolute Gasteiger partial charge is 0.262 e. The molecule has 0 aliphatic rings. The maximum absolute atomic E-state index is 12.5. The predicted molar refractivity (Wildman–Crippen MR) is 82.0 cm³/mol. The van der Waals surface area contributed by atoms with Crippen molar-refractivity contribution in [3.63, 3.8) is 0 Å². The Hall–Kier alpha value is -1.42. The monoisotopic (exact) mass is 276 g/mol. The van der Waals surface area contributed by atoms with E-state index in [-0.39, 0.29) is 11.0 Å². The number of aromatic amines is 1. The zero-order chi connectivity index (χ0) is 14.2. The zero-order valence-corrected chi connectivity index (χ0v) is 12.7. The summed E-state index contributed by atoms with van der Waals surface area (Å²) in [6.07, 6.45) is 0. The number of aromatic nitrogens is 2. The second-order valence-electron chi connectivity index (χ2n) is 6.16. The Labute approximate surface area is 118 Å². The van der Waals surface area contributed by atoms with E-state index in [1.165, 1.54) is 0 Å². The molecule has 1 aromatic carbocycles. The number of H-pyrrole nitrogens is 1. The first kappa shape index (κ1) is 14.0. The minimum Gasteiger partial charge on any atom is -0.332 e. The molecule has 0 aliphatic heterocycles. The van der Waals surface area contributed by atoms with Crippen LogP contribution in [-0.2, 0) is 6.54 Å². The molecule has 1 unspecified atom stereocenters. The molecule has 0 fully saturated rings. The number of rotatable bonds is 2. The van der Waals surface area contributed by atoms with E-state index in [4.69, 9.17) is 12.2 Å². The van der Waals surface area contributed by atoms with Crippen molar-refractivity contribution in [1.82, 2.24) is 9.55 Å². The molecule has 2 aromatic rings. The first-order chi connectivity index (χ1) is 8.80. The predicted octanol–water partition coefficient (Wildman–Crippen LogP) is 3.74. The van der Waals surface area contributed by atoms with Crippen LogP contribution in [0.25, 0.3) is 10.9 Å². The molecule has 19 heavy (non-hydrogen) atoms. The molecule has 0 bridgehead atoms. The summed E-state index contributed by atoms with van der Waals surface area (Å²) in [5.74, 6) is 0.362. The second kappa shape index (κ2) is 4.93. The van der Waals surface area contributed by atoms with Crippen molar-refractivity contribution >= 4 is 23.1 Å². The third kappa shape index (κ3) is 2.78. The number of nitrogens with zero attached hydrogens (tertiary/aromatic N) is 1. The first-order valence-corrected chi connectivity index (χ1v) is 6.93. The minimum atomic E-state index is -0.00421. The topological polar surface area (TPSA) is 37.8 Å². The summed E-state index contributed by atoms with van der Waals surface area (Å²) in [6.45, 7) is 9.32. The molecule has 0 amide bonds. The average molecular weight is 276 g/mol. The van der Waals surface area contributed by atoms with E-state index in [1.54, 1.807) is 4.57 Å². The van der Waals surface area contributed by atoms with Crippen LogP contribution in [0.4, 0.5) is 0 Å². The lowest BCUT2D eigenvalue weighted by Gasteiger charge is -2.27. The molecule has 0 saturated carbocycles. The van der Waals surface area contributed by atoms with E-state index in [9.17, 15) is 4.79 Å². The van der Waals surface area contributed by atoms with Crippen molar-refractivity contribution < 1.29 is 0 Å². The van der Waals surface area contributed by atoms with Gasteiger partial charge in [0.25, 0.3) is 5.56 Å². The lowest BCUT2D eigenvalue weighted by atomic mass is 9.82. The Morgan fingerprint density at radius 3 is 2.58 bits per heavy atom. The van der Waals surface area contributed by atoms with Crippen molar-refractivity contribution in [2.45, 2.75) is 34.2 Å². The molecule has 1 aromatic heterocycles. The highest BCUT2D eigenvalue weighted by molar-refractivity contribution is 7.71. The molecule has 0 spiro atoms.